The molecule has 44 valence electrons. The molecule has 7 heavy (non-hydrogen) atoms. The van der Waals surface area contributed by atoms with E-state index in [1.807, 2.05) is 0 Å². The first kappa shape index (κ1) is 7.86. The molecule has 0 bridgehead atoms. The van der Waals surface area contributed by atoms with E-state index in [9.17, 15) is 0 Å². The average Bonchev–Trinajstić information content (AvgIpc) is 1.30. The van der Waals surface area contributed by atoms with Crippen LogP contribution in [0.1, 0.15) is 13.8 Å². The van der Waals surface area contributed by atoms with Gasteiger partial charge in [0.1, 0.15) is 0 Å². The Hall–Kier alpha value is 0.860. The molecule has 2 atom stereocenters. The summed E-state index contributed by atoms with van der Waals surface area (Å²) in [7, 11) is 3.93. The van der Waals surface area contributed by atoms with Crippen molar-refractivity contribution < 1.29 is 0 Å². The summed E-state index contributed by atoms with van der Waals surface area (Å²) in [6.07, 6.45) is 1.33. The van der Waals surface area contributed by atoms with Gasteiger partial charge in [0, 0.05) is 0 Å². The third-order valence-corrected chi connectivity index (χ3v) is 2.51. The van der Waals surface area contributed by atoms with Crippen molar-refractivity contribution in [2.24, 2.45) is 0 Å². The first-order chi connectivity index (χ1) is 3.06. The molecule has 0 nitrogen and oxygen atoms in total. The van der Waals surface area contributed by atoms with Crippen LogP contribution in [0.5, 0.6) is 0 Å². The van der Waals surface area contributed by atoms with Crippen LogP contribution in [0.4, 0.5) is 0 Å². The van der Waals surface area contributed by atoms with Crippen molar-refractivity contribution in [3.63, 3.8) is 0 Å². The van der Waals surface area contributed by atoms with Crippen LogP contribution in [0.2, 0.25) is 0 Å². The topological polar surface area (TPSA) is 0 Å². The Bertz CT molecular complexity index is 44.5. The molecule has 0 rings (SSSR count). The fraction of sp³-hybridized carbons (Fsp3) is 1.00. The lowest BCUT2D eigenvalue weighted by Crippen LogP contribution is -2.10. The molecule has 0 spiro atoms. The van der Waals surface area contributed by atoms with Crippen molar-refractivity contribution in [1.29, 1.82) is 0 Å². The molecule has 0 saturated carbocycles. The first-order valence-electron chi connectivity index (χ1n) is 2.50. The standard InChI is InChI=1S/C5H14P2/c1-5(2,6)4-7-3/h7H,4,6H2,1-3H3. The van der Waals surface area contributed by atoms with Gasteiger partial charge in [0.25, 0.3) is 0 Å². The molecule has 0 aromatic rings. The van der Waals surface area contributed by atoms with Crippen LogP contribution in [0, 0.1) is 0 Å². The molecule has 0 aliphatic carbocycles. The van der Waals surface area contributed by atoms with E-state index in [0.29, 0.717) is 5.16 Å². The van der Waals surface area contributed by atoms with E-state index in [-0.39, 0.29) is 0 Å². The molecule has 2 unspecified atom stereocenters. The quantitative estimate of drug-likeness (QED) is 0.509. The Labute approximate surface area is 50.4 Å². The van der Waals surface area contributed by atoms with Crippen LogP contribution in [-0.2, 0) is 0 Å². The summed E-state index contributed by atoms with van der Waals surface area (Å²) in [5, 5.41) is 0.479. The summed E-state index contributed by atoms with van der Waals surface area (Å²) in [6.45, 7) is 6.73. The van der Waals surface area contributed by atoms with Crippen LogP contribution >= 0.6 is 17.8 Å². The van der Waals surface area contributed by atoms with E-state index in [4.69, 9.17) is 0 Å². The molecule has 0 saturated heterocycles. The maximum atomic E-state index is 2.84. The fourth-order valence-corrected chi connectivity index (χ4v) is 1.98. The van der Waals surface area contributed by atoms with Gasteiger partial charge in [-0.25, -0.2) is 0 Å². The zero-order chi connectivity index (χ0) is 5.91. The zero-order valence-electron chi connectivity index (χ0n) is 5.28. The Kier molecular flexibility index (Phi) is 3.37. The minimum absolute atomic E-state index is 0.479. The zero-order valence-corrected chi connectivity index (χ0v) is 7.44. The molecule has 0 heterocycles. The van der Waals surface area contributed by atoms with E-state index < -0.39 is 0 Å². The fourth-order valence-electron chi connectivity index (χ4n) is 0.456. The first-order valence-corrected chi connectivity index (χ1v) is 4.78. The van der Waals surface area contributed by atoms with Gasteiger partial charge < -0.3 is 0 Å². The van der Waals surface area contributed by atoms with Gasteiger partial charge in [0.2, 0.25) is 0 Å². The van der Waals surface area contributed by atoms with Crippen LogP contribution in [0.3, 0.4) is 0 Å². The molecule has 0 fully saturated rings. The predicted octanol–water partition coefficient (Wildman–Crippen LogP) is 1.95. The van der Waals surface area contributed by atoms with Gasteiger partial charge in [-0.15, -0.1) is 17.8 Å². The van der Waals surface area contributed by atoms with E-state index in [1.54, 1.807) is 0 Å². The normalized spacial score (nSPS) is 13.7. The van der Waals surface area contributed by atoms with Crippen LogP contribution in [0.25, 0.3) is 0 Å². The summed E-state index contributed by atoms with van der Waals surface area (Å²) in [5.74, 6) is 0. The largest absolute Gasteiger partial charge is 0.131 e. The monoisotopic (exact) mass is 136 g/mol. The predicted molar refractivity (Wildman–Crippen MR) is 42.9 cm³/mol. The molecule has 0 aromatic heterocycles. The lowest BCUT2D eigenvalue weighted by Gasteiger charge is -2.15. The second-order valence-electron chi connectivity index (χ2n) is 2.52. The minimum Gasteiger partial charge on any atom is -0.131 e. The highest BCUT2D eigenvalue weighted by molar-refractivity contribution is 7.38. The third-order valence-electron chi connectivity index (χ3n) is 0.632. The van der Waals surface area contributed by atoms with Crippen LogP contribution < -0.4 is 0 Å². The van der Waals surface area contributed by atoms with Crippen molar-refractivity contribution in [2.45, 2.75) is 19.0 Å². The highest BCUT2D eigenvalue weighted by Gasteiger charge is 2.06. The number of hydrogen-bond acceptors (Lipinski definition) is 0. The average molecular weight is 136 g/mol. The van der Waals surface area contributed by atoms with Gasteiger partial charge in [-0.1, -0.05) is 13.8 Å². The lowest BCUT2D eigenvalue weighted by atomic mass is 10.2. The summed E-state index contributed by atoms with van der Waals surface area (Å²) < 4.78 is 0. The molecule has 0 amide bonds. The molecule has 0 N–H and O–H groups in total. The molecular weight excluding hydrogens is 122 g/mol. The Balaban J connectivity index is 3.15. The number of rotatable bonds is 2. The molecule has 0 aromatic carbocycles. The second kappa shape index (κ2) is 3.00. The smallest absolute Gasteiger partial charge is 0.0170 e. The van der Waals surface area contributed by atoms with E-state index >= 15 is 0 Å². The summed E-state index contributed by atoms with van der Waals surface area (Å²) in [4.78, 5) is 0. The van der Waals surface area contributed by atoms with Gasteiger partial charge in [0.15, 0.2) is 0 Å². The van der Waals surface area contributed by atoms with Crippen molar-refractivity contribution in [1.82, 2.24) is 0 Å². The van der Waals surface area contributed by atoms with Gasteiger partial charge in [-0.2, -0.15) is 0 Å². The molecule has 2 heteroatoms. The number of hydrogen-bond donors (Lipinski definition) is 0. The van der Waals surface area contributed by atoms with Crippen LogP contribution in [-0.4, -0.2) is 18.0 Å². The second-order valence-corrected chi connectivity index (χ2v) is 5.14. The van der Waals surface area contributed by atoms with Crippen LogP contribution in [0.15, 0.2) is 0 Å². The van der Waals surface area contributed by atoms with E-state index in [0.717, 1.165) is 8.58 Å². The maximum absolute atomic E-state index is 2.84. The Morgan fingerprint density at radius 2 is 2.00 bits per heavy atom. The van der Waals surface area contributed by atoms with Crippen molar-refractivity contribution in [3.05, 3.63) is 0 Å². The highest BCUT2D eigenvalue weighted by Crippen LogP contribution is 2.23. The van der Waals surface area contributed by atoms with Gasteiger partial charge in [-0.05, 0) is 18.0 Å². The third kappa shape index (κ3) is 6.86. The highest BCUT2D eigenvalue weighted by atomic mass is 31.1. The Morgan fingerprint density at radius 3 is 2.00 bits per heavy atom. The van der Waals surface area contributed by atoms with Gasteiger partial charge in [0.05, 0.1) is 0 Å². The van der Waals surface area contributed by atoms with Crippen molar-refractivity contribution in [2.75, 3.05) is 12.8 Å². The molecule has 0 radical (unpaired) electrons. The molecule has 0 aliphatic rings. The molecular formula is C5H14P2. The van der Waals surface area contributed by atoms with Gasteiger partial charge >= 0.3 is 0 Å². The van der Waals surface area contributed by atoms with Gasteiger partial charge in [-0.3, -0.25) is 0 Å². The SMILES string of the molecule is CPCC(C)(C)P. The lowest BCUT2D eigenvalue weighted by molar-refractivity contribution is 0.816. The summed E-state index contributed by atoms with van der Waals surface area (Å²) in [5.41, 5.74) is 0. The Morgan fingerprint density at radius 1 is 1.57 bits per heavy atom. The maximum Gasteiger partial charge on any atom is -0.0170 e. The van der Waals surface area contributed by atoms with E-state index in [2.05, 4.69) is 29.8 Å². The van der Waals surface area contributed by atoms with Crippen molar-refractivity contribution in [3.8, 4) is 0 Å². The summed E-state index contributed by atoms with van der Waals surface area (Å²) in [6, 6.07) is 0. The molecule has 0 aliphatic heterocycles. The van der Waals surface area contributed by atoms with Crippen molar-refractivity contribution >= 4 is 17.8 Å². The minimum atomic E-state index is 0.479. The summed E-state index contributed by atoms with van der Waals surface area (Å²) >= 11 is 0. The van der Waals surface area contributed by atoms with E-state index in [1.165, 1.54) is 6.16 Å².